The zero-order valence-corrected chi connectivity index (χ0v) is 14.3. The Balaban J connectivity index is 2.06. The van der Waals surface area contributed by atoms with Crippen LogP contribution in [0.5, 0.6) is 0 Å². The van der Waals surface area contributed by atoms with Crippen LogP contribution in [0.2, 0.25) is 10.0 Å². The lowest BCUT2D eigenvalue weighted by Gasteiger charge is -2.08. The summed E-state index contributed by atoms with van der Waals surface area (Å²) in [7, 11) is 0. The molecule has 2 heterocycles. The van der Waals surface area contributed by atoms with E-state index in [0.717, 1.165) is 43.8 Å². The Morgan fingerprint density at radius 3 is 2.43 bits per heavy atom. The fourth-order valence-electron chi connectivity index (χ4n) is 3.13. The van der Waals surface area contributed by atoms with E-state index in [2.05, 4.69) is 24.9 Å². The van der Waals surface area contributed by atoms with E-state index >= 15 is 0 Å². The van der Waals surface area contributed by atoms with E-state index in [9.17, 15) is 0 Å². The number of pyridine rings is 1. The van der Waals surface area contributed by atoms with E-state index in [0.29, 0.717) is 5.02 Å². The second kappa shape index (κ2) is 5.26. The van der Waals surface area contributed by atoms with Gasteiger partial charge >= 0.3 is 0 Å². The SMILES string of the molecule is Cc1[nH]c2ccc(Cl)cc2c1-c1cc(C)c2ccc(Cl)cc2n1. The molecule has 0 saturated heterocycles. The molecule has 4 rings (SSSR count). The van der Waals surface area contributed by atoms with Gasteiger partial charge in [0.1, 0.15) is 0 Å². The molecule has 0 bridgehead atoms. The van der Waals surface area contributed by atoms with Crippen molar-refractivity contribution in [1.82, 2.24) is 9.97 Å². The number of halogens is 2. The highest BCUT2D eigenvalue weighted by atomic mass is 35.5. The van der Waals surface area contributed by atoms with Gasteiger partial charge < -0.3 is 4.98 Å². The molecule has 2 nitrogen and oxygen atoms in total. The van der Waals surface area contributed by atoms with Gasteiger partial charge in [-0.1, -0.05) is 29.3 Å². The maximum Gasteiger partial charge on any atom is 0.0736 e. The maximum absolute atomic E-state index is 6.18. The molecule has 0 radical (unpaired) electrons. The summed E-state index contributed by atoms with van der Waals surface area (Å²) in [6.07, 6.45) is 0. The van der Waals surface area contributed by atoms with Gasteiger partial charge in [0.2, 0.25) is 0 Å². The van der Waals surface area contributed by atoms with Crippen LogP contribution in [0.4, 0.5) is 0 Å². The molecule has 1 N–H and O–H groups in total. The Morgan fingerprint density at radius 2 is 1.61 bits per heavy atom. The predicted molar refractivity (Wildman–Crippen MR) is 98.5 cm³/mol. The van der Waals surface area contributed by atoms with Gasteiger partial charge in [0.05, 0.1) is 11.2 Å². The Kier molecular flexibility index (Phi) is 3.33. The second-order valence-electron chi connectivity index (χ2n) is 5.80. The van der Waals surface area contributed by atoms with Gasteiger partial charge in [0.25, 0.3) is 0 Å². The van der Waals surface area contributed by atoms with Crippen LogP contribution in [0, 0.1) is 13.8 Å². The topological polar surface area (TPSA) is 28.7 Å². The maximum atomic E-state index is 6.18. The number of rotatable bonds is 1. The number of aromatic nitrogens is 2. The predicted octanol–water partition coefficient (Wildman–Crippen LogP) is 6.31. The highest BCUT2D eigenvalue weighted by Gasteiger charge is 2.14. The van der Waals surface area contributed by atoms with Crippen molar-refractivity contribution in [3.8, 4) is 11.3 Å². The highest BCUT2D eigenvalue weighted by Crippen LogP contribution is 2.34. The number of nitrogens with one attached hydrogen (secondary N) is 1. The molecule has 4 aromatic rings. The van der Waals surface area contributed by atoms with E-state index in [4.69, 9.17) is 28.2 Å². The average Bonchev–Trinajstić information content (AvgIpc) is 2.81. The van der Waals surface area contributed by atoms with Gasteiger partial charge in [-0.15, -0.1) is 0 Å². The number of fused-ring (bicyclic) bond motifs is 2. The number of hydrogen-bond donors (Lipinski definition) is 1. The summed E-state index contributed by atoms with van der Waals surface area (Å²) in [5, 5.41) is 3.62. The van der Waals surface area contributed by atoms with Crippen molar-refractivity contribution < 1.29 is 0 Å². The first-order valence-corrected chi connectivity index (χ1v) is 8.13. The van der Waals surface area contributed by atoms with E-state index < -0.39 is 0 Å². The van der Waals surface area contributed by atoms with Gasteiger partial charge in [0.15, 0.2) is 0 Å². The molecule has 0 spiro atoms. The number of benzene rings is 2. The van der Waals surface area contributed by atoms with Gasteiger partial charge in [-0.25, -0.2) is 4.98 Å². The van der Waals surface area contributed by atoms with Crippen LogP contribution < -0.4 is 0 Å². The van der Waals surface area contributed by atoms with Crippen molar-refractivity contribution in [2.45, 2.75) is 13.8 Å². The molecule has 0 saturated carbocycles. The zero-order valence-electron chi connectivity index (χ0n) is 12.7. The summed E-state index contributed by atoms with van der Waals surface area (Å²) in [5.41, 5.74) is 6.25. The molecule has 0 atom stereocenters. The van der Waals surface area contributed by atoms with Crippen molar-refractivity contribution in [2.24, 2.45) is 0 Å². The normalized spacial score (nSPS) is 11.5. The number of hydrogen-bond acceptors (Lipinski definition) is 1. The molecular formula is C19H14Cl2N2. The Labute approximate surface area is 144 Å². The van der Waals surface area contributed by atoms with Crippen molar-refractivity contribution in [1.29, 1.82) is 0 Å². The van der Waals surface area contributed by atoms with E-state index in [1.54, 1.807) is 0 Å². The molecule has 4 heteroatoms. The zero-order chi connectivity index (χ0) is 16.1. The summed E-state index contributed by atoms with van der Waals surface area (Å²) in [5.74, 6) is 0. The fourth-order valence-corrected chi connectivity index (χ4v) is 3.47. The Bertz CT molecular complexity index is 1060. The van der Waals surface area contributed by atoms with Crippen LogP contribution in [0.3, 0.4) is 0 Å². The number of aromatic amines is 1. The molecule has 23 heavy (non-hydrogen) atoms. The molecule has 0 unspecified atom stereocenters. The largest absolute Gasteiger partial charge is 0.358 e. The summed E-state index contributed by atoms with van der Waals surface area (Å²) in [4.78, 5) is 8.24. The van der Waals surface area contributed by atoms with Crippen molar-refractivity contribution in [3.63, 3.8) is 0 Å². The molecule has 0 amide bonds. The Hall–Kier alpha value is -2.03. The average molecular weight is 341 g/mol. The number of H-pyrrole nitrogens is 1. The van der Waals surface area contributed by atoms with Crippen LogP contribution in [0.1, 0.15) is 11.3 Å². The van der Waals surface area contributed by atoms with Gasteiger partial charge in [0, 0.05) is 37.6 Å². The van der Waals surface area contributed by atoms with Crippen LogP contribution in [-0.4, -0.2) is 9.97 Å². The molecule has 0 fully saturated rings. The highest BCUT2D eigenvalue weighted by molar-refractivity contribution is 6.31. The lowest BCUT2D eigenvalue weighted by atomic mass is 10.0. The minimum Gasteiger partial charge on any atom is -0.358 e. The number of aryl methyl sites for hydroxylation is 2. The molecule has 0 aliphatic rings. The van der Waals surface area contributed by atoms with Crippen molar-refractivity contribution in [2.75, 3.05) is 0 Å². The Morgan fingerprint density at radius 1 is 0.870 bits per heavy atom. The minimum atomic E-state index is 0.695. The molecule has 0 aliphatic heterocycles. The molecule has 114 valence electrons. The van der Waals surface area contributed by atoms with Crippen LogP contribution in [-0.2, 0) is 0 Å². The third-order valence-electron chi connectivity index (χ3n) is 4.18. The summed E-state index contributed by atoms with van der Waals surface area (Å²) in [6, 6.07) is 13.8. The molecule has 0 aliphatic carbocycles. The van der Waals surface area contributed by atoms with Crippen molar-refractivity contribution >= 4 is 45.0 Å². The van der Waals surface area contributed by atoms with E-state index in [1.165, 1.54) is 5.56 Å². The lowest BCUT2D eigenvalue weighted by Crippen LogP contribution is -1.90. The first-order chi connectivity index (χ1) is 11.0. The molecule has 2 aromatic heterocycles. The van der Waals surface area contributed by atoms with E-state index in [-0.39, 0.29) is 0 Å². The van der Waals surface area contributed by atoms with E-state index in [1.807, 2.05) is 36.4 Å². The first kappa shape index (κ1) is 14.6. The van der Waals surface area contributed by atoms with Gasteiger partial charge in [-0.05, 0) is 55.8 Å². The second-order valence-corrected chi connectivity index (χ2v) is 6.67. The third kappa shape index (κ3) is 2.39. The monoisotopic (exact) mass is 340 g/mol. The van der Waals surface area contributed by atoms with Gasteiger partial charge in [-0.2, -0.15) is 0 Å². The standard InChI is InChI=1S/C19H14Cl2N2/c1-10-7-18(23-17-9-13(21)3-5-14(10)17)19-11(2)22-16-6-4-12(20)8-15(16)19/h3-9,22H,1-2H3. The summed E-state index contributed by atoms with van der Waals surface area (Å²) < 4.78 is 0. The minimum absolute atomic E-state index is 0.695. The fraction of sp³-hybridized carbons (Fsp3) is 0.105. The van der Waals surface area contributed by atoms with Crippen molar-refractivity contribution in [3.05, 3.63) is 63.8 Å². The van der Waals surface area contributed by atoms with Crippen LogP contribution >= 0.6 is 23.2 Å². The first-order valence-electron chi connectivity index (χ1n) is 7.38. The smallest absolute Gasteiger partial charge is 0.0736 e. The summed E-state index contributed by atoms with van der Waals surface area (Å²) in [6.45, 7) is 4.15. The third-order valence-corrected chi connectivity index (χ3v) is 4.65. The van der Waals surface area contributed by atoms with Crippen LogP contribution in [0.25, 0.3) is 33.1 Å². The number of nitrogens with zero attached hydrogens (tertiary/aromatic N) is 1. The lowest BCUT2D eigenvalue weighted by molar-refractivity contribution is 1.28. The molecular weight excluding hydrogens is 327 g/mol. The van der Waals surface area contributed by atoms with Crippen LogP contribution in [0.15, 0.2) is 42.5 Å². The summed E-state index contributed by atoms with van der Waals surface area (Å²) >= 11 is 12.3. The quantitative estimate of drug-likeness (QED) is 0.432. The van der Waals surface area contributed by atoms with Gasteiger partial charge in [-0.3, -0.25) is 0 Å². The molecule has 2 aromatic carbocycles.